The molecule has 1 aromatic heterocycles. The van der Waals surface area contributed by atoms with Crippen LogP contribution in [0.25, 0.3) is 0 Å². The Hall–Kier alpha value is -0.900. The van der Waals surface area contributed by atoms with Gasteiger partial charge in [0.15, 0.2) is 0 Å². The van der Waals surface area contributed by atoms with Gasteiger partial charge in [0.2, 0.25) is 0 Å². The maximum Gasteiger partial charge on any atom is 0.253 e. The van der Waals surface area contributed by atoms with E-state index in [2.05, 4.69) is 26.2 Å². The van der Waals surface area contributed by atoms with E-state index in [0.29, 0.717) is 11.6 Å². The Kier molecular flexibility index (Phi) is 2.54. The van der Waals surface area contributed by atoms with E-state index in [1.54, 1.807) is 12.4 Å². The Morgan fingerprint density at radius 3 is 2.93 bits per heavy atom. The summed E-state index contributed by atoms with van der Waals surface area (Å²) < 4.78 is 0.876. The summed E-state index contributed by atoms with van der Waals surface area (Å²) in [5.74, 6) is -0.0150. The fourth-order valence-electron chi connectivity index (χ4n) is 1.22. The number of nitrogens with zero attached hydrogens (tertiary/aromatic N) is 1. The summed E-state index contributed by atoms with van der Waals surface area (Å²) in [6, 6.07) is 0.390. The van der Waals surface area contributed by atoms with Gasteiger partial charge in [-0.15, -0.1) is 0 Å². The SMILES string of the molecule is Cc1c(Br)cncc1C(=O)NC1CC1. The highest BCUT2D eigenvalue weighted by Gasteiger charge is 2.24. The summed E-state index contributed by atoms with van der Waals surface area (Å²) in [4.78, 5) is 15.7. The lowest BCUT2D eigenvalue weighted by molar-refractivity contribution is 0.0950. The van der Waals surface area contributed by atoms with Crippen molar-refractivity contribution in [3.05, 3.63) is 28.0 Å². The van der Waals surface area contributed by atoms with Crippen LogP contribution in [0.4, 0.5) is 0 Å². The topological polar surface area (TPSA) is 42.0 Å². The molecule has 0 radical (unpaired) electrons. The molecule has 0 unspecified atom stereocenters. The molecule has 3 nitrogen and oxygen atoms in total. The Balaban J connectivity index is 2.21. The molecular weight excluding hydrogens is 244 g/mol. The second kappa shape index (κ2) is 3.69. The number of pyridine rings is 1. The molecule has 0 aliphatic heterocycles. The van der Waals surface area contributed by atoms with E-state index >= 15 is 0 Å². The van der Waals surface area contributed by atoms with Crippen molar-refractivity contribution in [2.75, 3.05) is 0 Å². The van der Waals surface area contributed by atoms with Gasteiger partial charge in [-0.3, -0.25) is 9.78 Å². The van der Waals surface area contributed by atoms with Gasteiger partial charge >= 0.3 is 0 Å². The summed E-state index contributed by atoms with van der Waals surface area (Å²) in [7, 11) is 0. The van der Waals surface area contributed by atoms with Crippen molar-refractivity contribution >= 4 is 21.8 Å². The highest BCUT2D eigenvalue weighted by atomic mass is 79.9. The lowest BCUT2D eigenvalue weighted by Gasteiger charge is -2.06. The first kappa shape index (κ1) is 9.65. The van der Waals surface area contributed by atoms with Gasteiger partial charge in [-0.1, -0.05) is 0 Å². The molecule has 74 valence electrons. The number of aromatic nitrogens is 1. The number of carbonyl (C=O) groups is 1. The molecule has 1 N–H and O–H groups in total. The number of rotatable bonds is 2. The van der Waals surface area contributed by atoms with Crippen molar-refractivity contribution in [1.82, 2.24) is 10.3 Å². The molecule has 1 aliphatic rings. The lowest BCUT2D eigenvalue weighted by atomic mass is 10.1. The van der Waals surface area contributed by atoms with Gasteiger partial charge in [-0.25, -0.2) is 0 Å². The average Bonchev–Trinajstić information content (AvgIpc) is 2.93. The predicted octanol–water partition coefficient (Wildman–Crippen LogP) is 2.04. The second-order valence-electron chi connectivity index (χ2n) is 3.54. The van der Waals surface area contributed by atoms with Crippen LogP contribution >= 0.6 is 15.9 Å². The first-order chi connectivity index (χ1) is 6.68. The van der Waals surface area contributed by atoms with E-state index in [0.717, 1.165) is 22.9 Å². The van der Waals surface area contributed by atoms with Crippen LogP contribution in [0.5, 0.6) is 0 Å². The Morgan fingerprint density at radius 2 is 2.29 bits per heavy atom. The Bertz CT molecular complexity index is 374. The van der Waals surface area contributed by atoms with E-state index in [9.17, 15) is 4.79 Å². The van der Waals surface area contributed by atoms with Gasteiger partial charge in [0.05, 0.1) is 5.56 Å². The van der Waals surface area contributed by atoms with Crippen LogP contribution in [0.3, 0.4) is 0 Å². The standard InChI is InChI=1S/C10H11BrN2O/c1-6-8(4-12-5-9(6)11)10(14)13-7-2-3-7/h4-5,7H,2-3H2,1H3,(H,13,14). The minimum Gasteiger partial charge on any atom is -0.349 e. The quantitative estimate of drug-likeness (QED) is 0.878. The third-order valence-electron chi connectivity index (χ3n) is 2.31. The third kappa shape index (κ3) is 1.95. The first-order valence-corrected chi connectivity index (χ1v) is 5.39. The smallest absolute Gasteiger partial charge is 0.253 e. The van der Waals surface area contributed by atoms with Crippen molar-refractivity contribution in [3.63, 3.8) is 0 Å². The molecule has 4 heteroatoms. The van der Waals surface area contributed by atoms with Gasteiger partial charge in [0.25, 0.3) is 5.91 Å². The molecule has 1 aromatic rings. The molecule has 0 aromatic carbocycles. The summed E-state index contributed by atoms with van der Waals surface area (Å²) >= 11 is 3.35. The van der Waals surface area contributed by atoms with Gasteiger partial charge in [0, 0.05) is 22.9 Å². The number of amides is 1. The molecule has 1 amide bonds. The van der Waals surface area contributed by atoms with Crippen LogP contribution < -0.4 is 5.32 Å². The lowest BCUT2D eigenvalue weighted by Crippen LogP contribution is -2.26. The minimum atomic E-state index is -0.0150. The van der Waals surface area contributed by atoms with Gasteiger partial charge in [0.1, 0.15) is 0 Å². The molecular formula is C10H11BrN2O. The Labute approximate surface area is 91.0 Å². The summed E-state index contributed by atoms with van der Waals surface area (Å²) in [5, 5.41) is 2.94. The first-order valence-electron chi connectivity index (χ1n) is 4.59. The number of nitrogens with one attached hydrogen (secondary N) is 1. The molecule has 0 bridgehead atoms. The van der Waals surface area contributed by atoms with Crippen molar-refractivity contribution in [2.24, 2.45) is 0 Å². The van der Waals surface area contributed by atoms with Crippen LogP contribution in [0, 0.1) is 6.92 Å². The minimum absolute atomic E-state index is 0.0150. The highest BCUT2D eigenvalue weighted by Crippen LogP contribution is 2.21. The molecule has 1 saturated carbocycles. The zero-order valence-electron chi connectivity index (χ0n) is 7.88. The molecule has 0 spiro atoms. The monoisotopic (exact) mass is 254 g/mol. The molecule has 14 heavy (non-hydrogen) atoms. The highest BCUT2D eigenvalue weighted by molar-refractivity contribution is 9.10. The van der Waals surface area contributed by atoms with E-state index in [1.165, 1.54) is 0 Å². The number of hydrogen-bond donors (Lipinski definition) is 1. The van der Waals surface area contributed by atoms with Crippen LogP contribution in [-0.4, -0.2) is 16.9 Å². The summed E-state index contributed by atoms with van der Waals surface area (Å²) in [5.41, 5.74) is 1.60. The molecule has 1 fully saturated rings. The van der Waals surface area contributed by atoms with Gasteiger partial charge in [-0.05, 0) is 41.3 Å². The van der Waals surface area contributed by atoms with Crippen molar-refractivity contribution in [3.8, 4) is 0 Å². The molecule has 1 aliphatic carbocycles. The zero-order chi connectivity index (χ0) is 10.1. The van der Waals surface area contributed by atoms with E-state index in [4.69, 9.17) is 0 Å². The maximum absolute atomic E-state index is 11.7. The fourth-order valence-corrected chi connectivity index (χ4v) is 1.55. The largest absolute Gasteiger partial charge is 0.349 e. The fraction of sp³-hybridized carbons (Fsp3) is 0.400. The Morgan fingerprint density at radius 1 is 1.57 bits per heavy atom. The van der Waals surface area contributed by atoms with Crippen LogP contribution in [-0.2, 0) is 0 Å². The van der Waals surface area contributed by atoms with Crippen molar-refractivity contribution in [2.45, 2.75) is 25.8 Å². The number of halogens is 1. The summed E-state index contributed by atoms with van der Waals surface area (Å²) in [6.07, 6.45) is 5.51. The van der Waals surface area contributed by atoms with E-state index in [1.807, 2.05) is 6.92 Å². The van der Waals surface area contributed by atoms with Gasteiger partial charge in [-0.2, -0.15) is 0 Å². The van der Waals surface area contributed by atoms with Crippen LogP contribution in [0.15, 0.2) is 16.9 Å². The van der Waals surface area contributed by atoms with E-state index in [-0.39, 0.29) is 5.91 Å². The molecule has 1 heterocycles. The van der Waals surface area contributed by atoms with Crippen molar-refractivity contribution < 1.29 is 4.79 Å². The van der Waals surface area contributed by atoms with Crippen molar-refractivity contribution in [1.29, 1.82) is 0 Å². The number of carbonyl (C=O) groups excluding carboxylic acids is 1. The second-order valence-corrected chi connectivity index (χ2v) is 4.40. The molecule has 0 saturated heterocycles. The zero-order valence-corrected chi connectivity index (χ0v) is 9.47. The van der Waals surface area contributed by atoms with Crippen LogP contribution in [0.2, 0.25) is 0 Å². The molecule has 2 rings (SSSR count). The summed E-state index contributed by atoms with van der Waals surface area (Å²) in [6.45, 7) is 1.91. The number of hydrogen-bond acceptors (Lipinski definition) is 2. The normalized spacial score (nSPS) is 15.3. The maximum atomic E-state index is 11.7. The third-order valence-corrected chi connectivity index (χ3v) is 3.11. The van der Waals surface area contributed by atoms with Gasteiger partial charge < -0.3 is 5.32 Å². The van der Waals surface area contributed by atoms with E-state index < -0.39 is 0 Å². The molecule has 0 atom stereocenters. The van der Waals surface area contributed by atoms with Crippen LogP contribution in [0.1, 0.15) is 28.8 Å². The predicted molar refractivity (Wildman–Crippen MR) is 57.2 cm³/mol. The average molecular weight is 255 g/mol.